The van der Waals surface area contributed by atoms with E-state index in [0.29, 0.717) is 19.6 Å². The van der Waals surface area contributed by atoms with Gasteiger partial charge in [-0.1, -0.05) is 0 Å². The highest BCUT2D eigenvalue weighted by atomic mass is 19.4. The number of ether oxygens (including phenoxy) is 2. The van der Waals surface area contributed by atoms with Crippen molar-refractivity contribution < 1.29 is 32.2 Å². The molecule has 4 rings (SSSR count). The van der Waals surface area contributed by atoms with Crippen LogP contribution in [0, 0.1) is 11.5 Å². The van der Waals surface area contributed by atoms with Gasteiger partial charge in [-0.25, -0.2) is 0 Å². The summed E-state index contributed by atoms with van der Waals surface area (Å²) in [6.07, 6.45) is -1.68. The molecule has 1 aliphatic carbocycles. The van der Waals surface area contributed by atoms with Crippen LogP contribution in [0.4, 0.5) is 13.2 Å². The largest absolute Gasteiger partial charge is 0.490 e. The Balaban J connectivity index is 1.51. The first-order valence-electron chi connectivity index (χ1n) is 10.1. The van der Waals surface area contributed by atoms with Crippen LogP contribution >= 0.6 is 0 Å². The van der Waals surface area contributed by atoms with Crippen molar-refractivity contribution in [2.45, 2.75) is 49.9 Å². The van der Waals surface area contributed by atoms with E-state index in [1.165, 1.54) is 6.07 Å². The van der Waals surface area contributed by atoms with Gasteiger partial charge in [-0.3, -0.25) is 5.32 Å². The molecule has 32 heavy (non-hydrogen) atoms. The Kier molecular flexibility index (Phi) is 6.23. The summed E-state index contributed by atoms with van der Waals surface area (Å²) in [6.45, 7) is 0.724. The maximum atomic E-state index is 13.2. The van der Waals surface area contributed by atoms with Gasteiger partial charge in [-0.05, 0) is 37.5 Å². The average Bonchev–Trinajstić information content (AvgIpc) is 3.27. The normalized spacial score (nSPS) is 22.1. The van der Waals surface area contributed by atoms with E-state index < -0.39 is 18.0 Å². The number of aliphatic hydroxyl groups excluding tert-OH is 1. The van der Waals surface area contributed by atoms with Crippen molar-refractivity contribution in [3.05, 3.63) is 29.7 Å². The smallest absolute Gasteiger partial charge is 0.416 e. The quantitative estimate of drug-likeness (QED) is 0.459. The number of rotatable bonds is 8. The lowest BCUT2D eigenvalue weighted by atomic mass is 10.1. The molecule has 1 saturated heterocycles. The van der Waals surface area contributed by atoms with Crippen molar-refractivity contribution >= 4 is 0 Å². The predicted molar refractivity (Wildman–Crippen MR) is 103 cm³/mol. The summed E-state index contributed by atoms with van der Waals surface area (Å²) in [5.74, 6) is -0.181. The van der Waals surface area contributed by atoms with Gasteiger partial charge in [0.15, 0.2) is 12.4 Å². The molecule has 1 aromatic heterocycles. The van der Waals surface area contributed by atoms with Gasteiger partial charge in [0.2, 0.25) is 0 Å². The van der Waals surface area contributed by atoms with Gasteiger partial charge in [-0.2, -0.15) is 18.4 Å². The Bertz CT molecular complexity index is 988. The summed E-state index contributed by atoms with van der Waals surface area (Å²) >= 11 is 0. The SMILES string of the molecule is COC[C@@H]1C[C@@H](NC(O)c2nnc(-c3cc(C(F)(F)F)ccc3OC3CC3)o2)CN1C#N. The van der Waals surface area contributed by atoms with Crippen LogP contribution in [0.15, 0.2) is 22.6 Å². The second-order valence-electron chi connectivity index (χ2n) is 7.83. The number of aromatic nitrogens is 2. The highest BCUT2D eigenvalue weighted by Crippen LogP contribution is 2.39. The van der Waals surface area contributed by atoms with E-state index in [4.69, 9.17) is 13.9 Å². The molecule has 0 amide bonds. The van der Waals surface area contributed by atoms with Crippen molar-refractivity contribution in [1.82, 2.24) is 20.4 Å². The fraction of sp³-hybridized carbons (Fsp3) is 0.550. The Morgan fingerprint density at radius 1 is 1.38 bits per heavy atom. The van der Waals surface area contributed by atoms with Gasteiger partial charge in [0.1, 0.15) is 5.75 Å². The standard InChI is InChI=1S/C20H22F3N5O4/c1-30-9-13-7-12(8-28(13)10-24)25-17(29)19-27-26-18(32-19)15-6-11(20(21,22)23)2-5-16(15)31-14-3-4-14/h2,5-6,12-14,17,25,29H,3-4,7-9H2,1H3/t12-,13+,17?/m1/s1. The summed E-state index contributed by atoms with van der Waals surface area (Å²) in [5, 5.41) is 30.2. The Morgan fingerprint density at radius 3 is 2.81 bits per heavy atom. The highest BCUT2D eigenvalue weighted by molar-refractivity contribution is 5.64. The number of halogens is 3. The number of nitrogens with zero attached hydrogens (tertiary/aromatic N) is 4. The van der Waals surface area contributed by atoms with Crippen molar-refractivity contribution in [3.8, 4) is 23.4 Å². The summed E-state index contributed by atoms with van der Waals surface area (Å²) in [6, 6.07) is 2.70. The summed E-state index contributed by atoms with van der Waals surface area (Å²) < 4.78 is 55.9. The maximum Gasteiger partial charge on any atom is 0.416 e. The molecule has 2 aliphatic rings. The Hall–Kier alpha value is -2.88. The molecule has 12 heteroatoms. The predicted octanol–water partition coefficient (Wildman–Crippen LogP) is 2.45. The second kappa shape index (κ2) is 8.93. The minimum absolute atomic E-state index is 0.00866. The number of hydrogen-bond donors (Lipinski definition) is 2. The molecule has 0 spiro atoms. The number of benzene rings is 1. The van der Waals surface area contributed by atoms with Gasteiger partial charge in [0.05, 0.1) is 29.9 Å². The average molecular weight is 453 g/mol. The summed E-state index contributed by atoms with van der Waals surface area (Å²) in [5.41, 5.74) is -0.866. The fourth-order valence-electron chi connectivity index (χ4n) is 3.60. The third kappa shape index (κ3) is 4.95. The van der Waals surface area contributed by atoms with E-state index in [0.717, 1.165) is 25.0 Å². The zero-order valence-corrected chi connectivity index (χ0v) is 17.2. The number of hydrogen-bond acceptors (Lipinski definition) is 9. The minimum atomic E-state index is -4.55. The van der Waals surface area contributed by atoms with E-state index in [1.807, 2.05) is 0 Å². The molecule has 2 N–H and O–H groups in total. The van der Waals surface area contributed by atoms with Gasteiger partial charge < -0.3 is 23.9 Å². The van der Waals surface area contributed by atoms with Crippen LogP contribution in [-0.4, -0.2) is 58.7 Å². The first kappa shape index (κ1) is 22.3. The van der Waals surface area contributed by atoms with Crippen LogP contribution in [-0.2, 0) is 10.9 Å². The number of likely N-dealkylation sites (tertiary alicyclic amines) is 1. The summed E-state index contributed by atoms with van der Waals surface area (Å²) in [7, 11) is 1.54. The number of nitriles is 1. The Labute approximate surface area is 181 Å². The van der Waals surface area contributed by atoms with E-state index in [9.17, 15) is 23.5 Å². The van der Waals surface area contributed by atoms with Crippen LogP contribution in [0.25, 0.3) is 11.5 Å². The monoisotopic (exact) mass is 453 g/mol. The van der Waals surface area contributed by atoms with Gasteiger partial charge in [0.25, 0.3) is 11.8 Å². The van der Waals surface area contributed by atoms with Gasteiger partial charge in [0, 0.05) is 19.7 Å². The van der Waals surface area contributed by atoms with Crippen LogP contribution in [0.1, 0.15) is 36.9 Å². The molecule has 2 heterocycles. The first-order valence-corrected chi connectivity index (χ1v) is 10.1. The molecule has 1 aliphatic heterocycles. The molecule has 2 fully saturated rings. The molecular weight excluding hydrogens is 431 g/mol. The van der Waals surface area contributed by atoms with Crippen LogP contribution in [0.3, 0.4) is 0 Å². The topological polar surface area (TPSA) is 117 Å². The van der Waals surface area contributed by atoms with Gasteiger partial charge >= 0.3 is 6.18 Å². The second-order valence-corrected chi connectivity index (χ2v) is 7.83. The van der Waals surface area contributed by atoms with Crippen molar-refractivity contribution in [2.75, 3.05) is 20.3 Å². The Morgan fingerprint density at radius 2 is 2.16 bits per heavy atom. The molecule has 1 aromatic carbocycles. The molecule has 0 bridgehead atoms. The molecular formula is C20H22F3N5O4. The number of methoxy groups -OCH3 is 1. The van der Waals surface area contributed by atoms with E-state index in [2.05, 4.69) is 21.7 Å². The van der Waals surface area contributed by atoms with Crippen molar-refractivity contribution in [2.24, 2.45) is 0 Å². The lowest BCUT2D eigenvalue weighted by Gasteiger charge is -2.16. The van der Waals surface area contributed by atoms with Crippen molar-refractivity contribution in [3.63, 3.8) is 0 Å². The molecule has 2 aromatic rings. The number of aliphatic hydroxyl groups is 1. The number of alkyl halides is 3. The molecule has 0 radical (unpaired) electrons. The molecule has 1 saturated carbocycles. The van der Waals surface area contributed by atoms with E-state index >= 15 is 0 Å². The molecule has 9 nitrogen and oxygen atoms in total. The lowest BCUT2D eigenvalue weighted by Crippen LogP contribution is -2.34. The van der Waals surface area contributed by atoms with Crippen LogP contribution in [0.5, 0.6) is 5.75 Å². The van der Waals surface area contributed by atoms with E-state index in [-0.39, 0.29) is 41.3 Å². The third-order valence-corrected chi connectivity index (χ3v) is 5.33. The maximum absolute atomic E-state index is 13.2. The zero-order valence-electron chi connectivity index (χ0n) is 17.2. The van der Waals surface area contributed by atoms with Gasteiger partial charge in [-0.15, -0.1) is 10.2 Å². The highest BCUT2D eigenvalue weighted by Gasteiger charge is 2.35. The van der Waals surface area contributed by atoms with Crippen LogP contribution < -0.4 is 10.1 Å². The van der Waals surface area contributed by atoms with E-state index in [1.54, 1.807) is 12.0 Å². The summed E-state index contributed by atoms with van der Waals surface area (Å²) in [4.78, 5) is 1.55. The molecule has 172 valence electrons. The van der Waals surface area contributed by atoms with Crippen LogP contribution in [0.2, 0.25) is 0 Å². The lowest BCUT2D eigenvalue weighted by molar-refractivity contribution is -0.137. The minimum Gasteiger partial charge on any atom is -0.490 e. The number of nitrogens with one attached hydrogen (secondary N) is 1. The molecule has 3 atom stereocenters. The first-order chi connectivity index (χ1) is 15.3. The zero-order chi connectivity index (χ0) is 22.9. The van der Waals surface area contributed by atoms with Crippen molar-refractivity contribution in [1.29, 1.82) is 5.26 Å². The fourth-order valence-corrected chi connectivity index (χ4v) is 3.60. The molecule has 1 unspecified atom stereocenters. The third-order valence-electron chi connectivity index (χ3n) is 5.33.